The molecule has 0 saturated carbocycles. The molecular formula is C15H24N2O. The van der Waals surface area contributed by atoms with Crippen LogP contribution in [-0.4, -0.2) is 19.7 Å². The fraction of sp³-hybridized carbons (Fsp3) is 0.600. The van der Waals surface area contributed by atoms with E-state index in [4.69, 9.17) is 10.5 Å². The summed E-state index contributed by atoms with van der Waals surface area (Å²) in [6.07, 6.45) is 3.82. The average Bonchev–Trinajstić information content (AvgIpc) is 2.57. The first-order valence-electron chi connectivity index (χ1n) is 6.98. The minimum atomic E-state index is 0.657. The summed E-state index contributed by atoms with van der Waals surface area (Å²) in [5, 5.41) is 0. The SMILES string of the molecule is CCOc1cccc(N2CCCC(C)CC2)c1N. The van der Waals surface area contributed by atoms with E-state index in [9.17, 15) is 0 Å². The van der Waals surface area contributed by atoms with E-state index < -0.39 is 0 Å². The predicted octanol–water partition coefficient (Wildman–Crippen LogP) is 3.29. The molecule has 1 saturated heterocycles. The molecule has 0 aliphatic carbocycles. The zero-order valence-corrected chi connectivity index (χ0v) is 11.5. The summed E-state index contributed by atoms with van der Waals surface area (Å²) in [7, 11) is 0. The highest BCUT2D eigenvalue weighted by molar-refractivity contribution is 5.74. The Kier molecular flexibility index (Phi) is 4.34. The summed E-state index contributed by atoms with van der Waals surface area (Å²) in [5.41, 5.74) is 8.14. The summed E-state index contributed by atoms with van der Waals surface area (Å²) in [6.45, 7) is 7.18. The van der Waals surface area contributed by atoms with Gasteiger partial charge in [-0.25, -0.2) is 0 Å². The highest BCUT2D eigenvalue weighted by Gasteiger charge is 2.17. The highest BCUT2D eigenvalue weighted by Crippen LogP contribution is 2.33. The second-order valence-corrected chi connectivity index (χ2v) is 5.15. The number of hydrogen-bond acceptors (Lipinski definition) is 3. The summed E-state index contributed by atoms with van der Waals surface area (Å²) >= 11 is 0. The average molecular weight is 248 g/mol. The van der Waals surface area contributed by atoms with E-state index >= 15 is 0 Å². The van der Waals surface area contributed by atoms with Gasteiger partial charge in [0.05, 0.1) is 18.0 Å². The predicted molar refractivity (Wildman–Crippen MR) is 77.3 cm³/mol. The van der Waals surface area contributed by atoms with Crippen LogP contribution < -0.4 is 15.4 Å². The van der Waals surface area contributed by atoms with Crippen molar-refractivity contribution in [3.8, 4) is 5.75 Å². The topological polar surface area (TPSA) is 38.5 Å². The van der Waals surface area contributed by atoms with Crippen LogP contribution in [0, 0.1) is 5.92 Å². The van der Waals surface area contributed by atoms with Gasteiger partial charge in [-0.3, -0.25) is 0 Å². The molecule has 0 radical (unpaired) electrons. The van der Waals surface area contributed by atoms with Gasteiger partial charge in [0.15, 0.2) is 0 Å². The van der Waals surface area contributed by atoms with Crippen molar-refractivity contribution < 1.29 is 4.74 Å². The fourth-order valence-corrected chi connectivity index (χ4v) is 2.59. The molecule has 2 N–H and O–H groups in total. The highest BCUT2D eigenvalue weighted by atomic mass is 16.5. The van der Waals surface area contributed by atoms with E-state index in [1.807, 2.05) is 19.1 Å². The molecule has 3 heteroatoms. The summed E-state index contributed by atoms with van der Waals surface area (Å²) in [5.74, 6) is 1.64. The zero-order valence-electron chi connectivity index (χ0n) is 11.5. The van der Waals surface area contributed by atoms with Crippen molar-refractivity contribution in [1.82, 2.24) is 0 Å². The molecule has 18 heavy (non-hydrogen) atoms. The van der Waals surface area contributed by atoms with Crippen LogP contribution in [-0.2, 0) is 0 Å². The van der Waals surface area contributed by atoms with Gasteiger partial charge in [0.1, 0.15) is 5.75 Å². The minimum Gasteiger partial charge on any atom is -0.492 e. The Morgan fingerprint density at radius 3 is 2.94 bits per heavy atom. The molecule has 1 aromatic carbocycles. The third kappa shape index (κ3) is 2.89. The summed E-state index contributed by atoms with van der Waals surface area (Å²) < 4.78 is 5.57. The Labute approximate surface area is 110 Å². The van der Waals surface area contributed by atoms with Crippen molar-refractivity contribution >= 4 is 11.4 Å². The van der Waals surface area contributed by atoms with Gasteiger partial charge < -0.3 is 15.4 Å². The van der Waals surface area contributed by atoms with Gasteiger partial charge in [-0.1, -0.05) is 13.0 Å². The lowest BCUT2D eigenvalue weighted by molar-refractivity contribution is 0.342. The molecule has 3 nitrogen and oxygen atoms in total. The van der Waals surface area contributed by atoms with Crippen molar-refractivity contribution in [2.24, 2.45) is 5.92 Å². The molecule has 1 aliphatic rings. The maximum atomic E-state index is 6.22. The Morgan fingerprint density at radius 1 is 1.33 bits per heavy atom. The Hall–Kier alpha value is -1.38. The van der Waals surface area contributed by atoms with Gasteiger partial charge in [-0.15, -0.1) is 0 Å². The molecule has 2 rings (SSSR count). The lowest BCUT2D eigenvalue weighted by Crippen LogP contribution is -2.25. The van der Waals surface area contributed by atoms with E-state index in [1.54, 1.807) is 0 Å². The third-order valence-corrected chi connectivity index (χ3v) is 3.70. The number of para-hydroxylation sites is 1. The third-order valence-electron chi connectivity index (χ3n) is 3.70. The van der Waals surface area contributed by atoms with Crippen LogP contribution in [0.2, 0.25) is 0 Å². The van der Waals surface area contributed by atoms with Crippen LogP contribution in [0.3, 0.4) is 0 Å². The number of anilines is 2. The van der Waals surface area contributed by atoms with E-state index in [-0.39, 0.29) is 0 Å². The largest absolute Gasteiger partial charge is 0.492 e. The monoisotopic (exact) mass is 248 g/mol. The number of nitrogen functional groups attached to an aromatic ring is 1. The Balaban J connectivity index is 2.19. The summed E-state index contributed by atoms with van der Waals surface area (Å²) in [6, 6.07) is 6.08. The van der Waals surface area contributed by atoms with Crippen molar-refractivity contribution in [2.45, 2.75) is 33.1 Å². The normalized spacial score (nSPS) is 20.6. The Bertz CT molecular complexity index is 392. The van der Waals surface area contributed by atoms with Gasteiger partial charge in [-0.2, -0.15) is 0 Å². The maximum Gasteiger partial charge on any atom is 0.144 e. The van der Waals surface area contributed by atoms with E-state index in [0.717, 1.165) is 36.1 Å². The van der Waals surface area contributed by atoms with Gasteiger partial charge in [0.2, 0.25) is 0 Å². The molecular weight excluding hydrogens is 224 g/mol. The van der Waals surface area contributed by atoms with Crippen LogP contribution in [0.25, 0.3) is 0 Å². The number of rotatable bonds is 3. The number of benzene rings is 1. The summed E-state index contributed by atoms with van der Waals surface area (Å²) in [4.78, 5) is 2.40. The molecule has 1 atom stereocenters. The van der Waals surface area contributed by atoms with Gasteiger partial charge in [0, 0.05) is 13.1 Å². The lowest BCUT2D eigenvalue weighted by Gasteiger charge is -2.25. The van der Waals surface area contributed by atoms with E-state index in [0.29, 0.717) is 6.61 Å². The van der Waals surface area contributed by atoms with Crippen LogP contribution >= 0.6 is 0 Å². The Morgan fingerprint density at radius 2 is 2.17 bits per heavy atom. The van der Waals surface area contributed by atoms with Crippen LogP contribution in [0.1, 0.15) is 33.1 Å². The molecule has 1 heterocycles. The first-order chi connectivity index (χ1) is 8.72. The molecule has 1 aromatic rings. The van der Waals surface area contributed by atoms with Crippen molar-refractivity contribution in [1.29, 1.82) is 0 Å². The molecule has 1 fully saturated rings. The molecule has 1 unspecified atom stereocenters. The molecule has 0 aromatic heterocycles. The second kappa shape index (κ2) is 5.98. The first-order valence-corrected chi connectivity index (χ1v) is 6.98. The zero-order chi connectivity index (χ0) is 13.0. The molecule has 1 aliphatic heterocycles. The molecule has 0 spiro atoms. The second-order valence-electron chi connectivity index (χ2n) is 5.15. The number of nitrogens with two attached hydrogens (primary N) is 1. The van der Waals surface area contributed by atoms with Crippen molar-refractivity contribution in [2.75, 3.05) is 30.3 Å². The van der Waals surface area contributed by atoms with Gasteiger partial charge >= 0.3 is 0 Å². The molecule has 100 valence electrons. The number of hydrogen-bond donors (Lipinski definition) is 1. The standard InChI is InChI=1S/C15H24N2O/c1-3-18-14-8-4-7-13(15(14)16)17-10-5-6-12(2)9-11-17/h4,7-8,12H,3,5-6,9-11,16H2,1-2H3. The molecule has 0 bridgehead atoms. The van der Waals surface area contributed by atoms with Crippen LogP contribution in [0.4, 0.5) is 11.4 Å². The van der Waals surface area contributed by atoms with Gasteiger partial charge in [0.25, 0.3) is 0 Å². The van der Waals surface area contributed by atoms with E-state index in [2.05, 4.69) is 17.9 Å². The van der Waals surface area contributed by atoms with Crippen molar-refractivity contribution in [3.63, 3.8) is 0 Å². The van der Waals surface area contributed by atoms with Crippen LogP contribution in [0.5, 0.6) is 5.75 Å². The lowest BCUT2D eigenvalue weighted by atomic mass is 10.0. The van der Waals surface area contributed by atoms with Gasteiger partial charge in [-0.05, 0) is 44.2 Å². The first kappa shape index (κ1) is 13.1. The number of ether oxygens (including phenoxy) is 1. The smallest absolute Gasteiger partial charge is 0.144 e. The van der Waals surface area contributed by atoms with Crippen LogP contribution in [0.15, 0.2) is 18.2 Å². The molecule has 0 amide bonds. The number of nitrogens with zero attached hydrogens (tertiary/aromatic N) is 1. The quantitative estimate of drug-likeness (QED) is 0.834. The fourth-order valence-electron chi connectivity index (χ4n) is 2.59. The minimum absolute atomic E-state index is 0.657. The maximum absolute atomic E-state index is 6.22. The van der Waals surface area contributed by atoms with Crippen molar-refractivity contribution in [3.05, 3.63) is 18.2 Å². The van der Waals surface area contributed by atoms with E-state index in [1.165, 1.54) is 19.3 Å².